The van der Waals surface area contributed by atoms with E-state index in [0.29, 0.717) is 19.7 Å². The number of unbranched alkanes of at least 4 members (excludes halogenated alkanes) is 9. The zero-order chi connectivity index (χ0) is 27.5. The second-order valence-electron chi connectivity index (χ2n) is 13.4. The van der Waals surface area contributed by atoms with Crippen LogP contribution in [0.5, 0.6) is 0 Å². The molecule has 0 saturated carbocycles. The largest absolute Gasteiger partial charge is 0.393 e. The summed E-state index contributed by atoms with van der Waals surface area (Å²) in [5.74, 6) is 0.822. The van der Waals surface area contributed by atoms with E-state index in [1.165, 1.54) is 57.8 Å². The standard InChI is InChI=1S/C29H59N4O3P/c1-9-10-11-12-13-14-15-16-17-18-19-32-21-20-31(8)27(32)30-37(34,36-29(5,6)7)33-22-23-35-26(25-33)24-28(2,3)4/h26H,9-25H2,1-8H3/t26-,37?/m1/s1. The molecule has 7 nitrogen and oxygen atoms in total. The third-order valence-electron chi connectivity index (χ3n) is 7.03. The third-order valence-corrected chi connectivity index (χ3v) is 9.33. The summed E-state index contributed by atoms with van der Waals surface area (Å²) in [5, 5.41) is 0. The van der Waals surface area contributed by atoms with E-state index in [1.54, 1.807) is 0 Å². The minimum atomic E-state index is -3.45. The highest BCUT2D eigenvalue weighted by Gasteiger charge is 2.42. The molecule has 2 fully saturated rings. The molecule has 2 atom stereocenters. The van der Waals surface area contributed by atoms with Crippen LogP contribution in [0.15, 0.2) is 4.76 Å². The van der Waals surface area contributed by atoms with Crippen molar-refractivity contribution in [3.63, 3.8) is 0 Å². The maximum Gasteiger partial charge on any atom is 0.393 e. The van der Waals surface area contributed by atoms with Crippen LogP contribution in [0.3, 0.4) is 0 Å². The van der Waals surface area contributed by atoms with Crippen LogP contribution in [-0.4, -0.2) is 78.5 Å². The predicted molar refractivity (Wildman–Crippen MR) is 157 cm³/mol. The summed E-state index contributed by atoms with van der Waals surface area (Å²) in [4.78, 5) is 4.46. The number of guanidine groups is 1. The molecule has 0 amide bonds. The lowest BCUT2D eigenvalue weighted by Crippen LogP contribution is -2.43. The molecule has 2 heterocycles. The maximum absolute atomic E-state index is 14.5. The van der Waals surface area contributed by atoms with E-state index in [4.69, 9.17) is 14.0 Å². The Morgan fingerprint density at radius 1 is 0.919 bits per heavy atom. The van der Waals surface area contributed by atoms with Crippen molar-refractivity contribution >= 4 is 13.6 Å². The van der Waals surface area contributed by atoms with E-state index in [2.05, 4.69) is 44.5 Å². The van der Waals surface area contributed by atoms with Crippen LogP contribution in [0, 0.1) is 5.41 Å². The Balaban J connectivity index is 1.99. The van der Waals surface area contributed by atoms with Crippen molar-refractivity contribution in [2.45, 2.75) is 131 Å². The van der Waals surface area contributed by atoms with Crippen LogP contribution < -0.4 is 0 Å². The van der Waals surface area contributed by atoms with Gasteiger partial charge in [0, 0.05) is 39.8 Å². The van der Waals surface area contributed by atoms with Gasteiger partial charge in [-0.25, -0.2) is 9.24 Å². The average molecular weight is 543 g/mol. The molecule has 2 rings (SSSR count). The van der Waals surface area contributed by atoms with Crippen LogP contribution in [0.1, 0.15) is 119 Å². The van der Waals surface area contributed by atoms with Gasteiger partial charge in [-0.15, -0.1) is 0 Å². The molecule has 0 aromatic carbocycles. The Bertz CT molecular complexity index is 732. The van der Waals surface area contributed by atoms with E-state index in [0.717, 1.165) is 38.4 Å². The second-order valence-corrected chi connectivity index (χ2v) is 15.3. The summed E-state index contributed by atoms with van der Waals surface area (Å²) >= 11 is 0. The summed E-state index contributed by atoms with van der Waals surface area (Å²) in [6.45, 7) is 19.4. The number of hydrogen-bond acceptors (Lipinski definition) is 3. The predicted octanol–water partition coefficient (Wildman–Crippen LogP) is 7.57. The minimum Gasteiger partial charge on any atom is -0.376 e. The van der Waals surface area contributed by atoms with Crippen molar-refractivity contribution in [1.82, 2.24) is 14.5 Å². The number of ether oxygens (including phenoxy) is 1. The molecule has 2 aliphatic rings. The number of rotatable bonds is 15. The van der Waals surface area contributed by atoms with Crippen molar-refractivity contribution in [2.75, 3.05) is 46.4 Å². The quantitative estimate of drug-likeness (QED) is 0.157. The highest BCUT2D eigenvalue weighted by atomic mass is 31.2. The summed E-state index contributed by atoms with van der Waals surface area (Å²) in [7, 11) is -1.39. The van der Waals surface area contributed by atoms with E-state index in [1.807, 2.05) is 25.4 Å². The van der Waals surface area contributed by atoms with Crippen LogP contribution in [0.25, 0.3) is 0 Å². The molecule has 0 radical (unpaired) electrons. The number of hydrogen-bond donors (Lipinski definition) is 0. The average Bonchev–Trinajstić information content (AvgIpc) is 3.12. The van der Waals surface area contributed by atoms with Crippen molar-refractivity contribution in [3.8, 4) is 0 Å². The summed E-state index contributed by atoms with van der Waals surface area (Å²) in [6.07, 6.45) is 14.2. The van der Waals surface area contributed by atoms with Gasteiger partial charge in [0.15, 0.2) is 0 Å². The van der Waals surface area contributed by atoms with Gasteiger partial charge < -0.3 is 14.5 Å². The maximum atomic E-state index is 14.5. The molecule has 0 aliphatic carbocycles. The first kappa shape index (κ1) is 32.6. The van der Waals surface area contributed by atoms with Gasteiger partial charge in [-0.3, -0.25) is 4.52 Å². The molecule has 0 bridgehead atoms. The van der Waals surface area contributed by atoms with E-state index >= 15 is 0 Å². The topological polar surface area (TPSA) is 57.6 Å². The van der Waals surface area contributed by atoms with Crippen molar-refractivity contribution in [2.24, 2.45) is 10.2 Å². The molecule has 0 aromatic rings. The molecule has 1 unspecified atom stereocenters. The van der Waals surface area contributed by atoms with Crippen LogP contribution in [0.4, 0.5) is 0 Å². The van der Waals surface area contributed by atoms with Crippen molar-refractivity contribution < 1.29 is 13.8 Å². The van der Waals surface area contributed by atoms with Gasteiger partial charge in [0.2, 0.25) is 5.96 Å². The SMILES string of the molecule is CCCCCCCCCCCCN1CCN(C)C1=NP(=O)(OC(C)(C)C)N1CCO[C@H](CC(C)(C)C)C1. The zero-order valence-electron chi connectivity index (χ0n) is 25.6. The van der Waals surface area contributed by atoms with Crippen molar-refractivity contribution in [3.05, 3.63) is 0 Å². The molecule has 2 aliphatic heterocycles. The summed E-state index contributed by atoms with van der Waals surface area (Å²) in [5.41, 5.74) is -0.415. The molecule has 0 N–H and O–H groups in total. The summed E-state index contributed by atoms with van der Waals surface area (Å²) < 4.78 is 33.7. The molecule has 218 valence electrons. The normalized spacial score (nSPS) is 22.7. The van der Waals surface area contributed by atoms with Crippen LogP contribution in [0.2, 0.25) is 0 Å². The van der Waals surface area contributed by atoms with Gasteiger partial charge in [0.25, 0.3) is 0 Å². The van der Waals surface area contributed by atoms with E-state index in [-0.39, 0.29) is 11.5 Å². The Morgan fingerprint density at radius 3 is 2.08 bits per heavy atom. The Labute approximate surface area is 229 Å². The lowest BCUT2D eigenvalue weighted by molar-refractivity contribution is -0.0291. The third kappa shape index (κ3) is 12.4. The molecule has 0 aromatic heterocycles. The number of likely N-dealkylation sites (N-methyl/N-ethyl adjacent to an activating group) is 1. The fourth-order valence-electron chi connectivity index (χ4n) is 5.20. The number of nitrogens with zero attached hydrogens (tertiary/aromatic N) is 4. The molecule has 37 heavy (non-hydrogen) atoms. The number of morpholine rings is 1. The van der Waals surface area contributed by atoms with Crippen LogP contribution in [-0.2, 0) is 13.8 Å². The molecular formula is C29H59N4O3P. The summed E-state index contributed by atoms with van der Waals surface area (Å²) in [6, 6.07) is 0. The molecule has 2 saturated heterocycles. The van der Waals surface area contributed by atoms with Gasteiger partial charge in [0.05, 0.1) is 18.3 Å². The van der Waals surface area contributed by atoms with E-state index < -0.39 is 13.3 Å². The van der Waals surface area contributed by atoms with Crippen molar-refractivity contribution in [1.29, 1.82) is 0 Å². The van der Waals surface area contributed by atoms with Gasteiger partial charge in [-0.1, -0.05) is 85.5 Å². The highest BCUT2D eigenvalue weighted by Crippen LogP contribution is 2.56. The van der Waals surface area contributed by atoms with E-state index in [9.17, 15) is 4.57 Å². The lowest BCUT2D eigenvalue weighted by atomic mass is 9.89. The first-order valence-corrected chi connectivity index (χ1v) is 16.6. The smallest absolute Gasteiger partial charge is 0.376 e. The fourth-order valence-corrected chi connectivity index (χ4v) is 7.43. The minimum absolute atomic E-state index is 0.0369. The van der Waals surface area contributed by atoms with Gasteiger partial charge in [-0.2, -0.15) is 4.76 Å². The highest BCUT2D eigenvalue weighted by molar-refractivity contribution is 7.55. The Hall–Kier alpha value is -0.620. The Morgan fingerprint density at radius 2 is 1.51 bits per heavy atom. The molecule has 0 spiro atoms. The lowest BCUT2D eigenvalue weighted by Gasteiger charge is -2.39. The van der Waals surface area contributed by atoms with Crippen LogP contribution >= 0.6 is 7.67 Å². The van der Waals surface area contributed by atoms with Gasteiger partial charge in [0.1, 0.15) is 0 Å². The Kier molecular flexibility index (Phi) is 13.4. The van der Waals surface area contributed by atoms with Gasteiger partial charge >= 0.3 is 7.67 Å². The first-order chi connectivity index (χ1) is 17.3. The first-order valence-electron chi connectivity index (χ1n) is 15.1. The fraction of sp³-hybridized carbons (Fsp3) is 0.966. The molecule has 8 heteroatoms. The van der Waals surface area contributed by atoms with Gasteiger partial charge in [-0.05, 0) is 39.0 Å². The monoisotopic (exact) mass is 542 g/mol. The molecular weight excluding hydrogens is 483 g/mol. The second kappa shape index (κ2) is 15.2. The zero-order valence-corrected chi connectivity index (χ0v) is 26.5.